The van der Waals surface area contributed by atoms with Gasteiger partial charge in [-0.25, -0.2) is 9.97 Å². The SMILES string of the molecule is CCC1=N[C@@]2(CC[C@@H]3CN(c4ncccn4)C[C@@H]32)C(=O)N1CC1CC1. The number of hydrogen-bond acceptors (Lipinski definition) is 5. The predicted molar refractivity (Wildman–Crippen MR) is 95.4 cm³/mol. The largest absolute Gasteiger partial charge is 0.340 e. The fourth-order valence-corrected chi connectivity index (χ4v) is 5.02. The number of aliphatic imine (C=N–C) groups is 1. The maximum absolute atomic E-state index is 13.4. The molecule has 2 saturated carbocycles. The van der Waals surface area contributed by atoms with Gasteiger partial charge in [-0.1, -0.05) is 6.92 Å². The standard InChI is InChI=1S/C19H25N5O/c1-2-16-22-19(17(25)24(16)10-13-4-5-13)7-6-14-11-23(12-15(14)19)18-20-8-3-9-21-18/h3,8-9,13-15H,2,4-7,10-12H2,1H3/t14-,15+,19-/m1/s1. The van der Waals surface area contributed by atoms with Gasteiger partial charge in [0.05, 0.1) is 0 Å². The first-order valence-electron chi connectivity index (χ1n) is 9.64. The first-order valence-corrected chi connectivity index (χ1v) is 9.64. The lowest BCUT2D eigenvalue weighted by Crippen LogP contribution is -2.47. The van der Waals surface area contributed by atoms with Crippen LogP contribution in [0.15, 0.2) is 23.5 Å². The van der Waals surface area contributed by atoms with Gasteiger partial charge in [0.15, 0.2) is 0 Å². The van der Waals surface area contributed by atoms with E-state index in [2.05, 4.69) is 21.8 Å². The Kier molecular flexibility index (Phi) is 3.37. The van der Waals surface area contributed by atoms with Gasteiger partial charge < -0.3 is 4.90 Å². The molecule has 3 heterocycles. The van der Waals surface area contributed by atoms with Gasteiger partial charge in [0.25, 0.3) is 5.91 Å². The van der Waals surface area contributed by atoms with E-state index in [1.165, 1.54) is 12.8 Å². The summed E-state index contributed by atoms with van der Waals surface area (Å²) in [7, 11) is 0. The summed E-state index contributed by atoms with van der Waals surface area (Å²) in [6.45, 7) is 4.80. The number of aromatic nitrogens is 2. The molecule has 1 amide bonds. The van der Waals surface area contributed by atoms with Crippen molar-refractivity contribution in [1.29, 1.82) is 0 Å². The topological polar surface area (TPSA) is 61.7 Å². The molecule has 0 N–H and O–H groups in total. The predicted octanol–water partition coefficient (Wildman–Crippen LogP) is 2.12. The van der Waals surface area contributed by atoms with Crippen LogP contribution < -0.4 is 4.90 Å². The van der Waals surface area contributed by atoms with E-state index < -0.39 is 5.54 Å². The highest BCUT2D eigenvalue weighted by Crippen LogP contribution is 2.51. The summed E-state index contributed by atoms with van der Waals surface area (Å²) in [4.78, 5) is 31.6. The molecule has 132 valence electrons. The average molecular weight is 339 g/mol. The fourth-order valence-electron chi connectivity index (χ4n) is 5.02. The smallest absolute Gasteiger partial charge is 0.256 e. The lowest BCUT2D eigenvalue weighted by Gasteiger charge is -2.28. The Morgan fingerprint density at radius 2 is 2.00 bits per heavy atom. The first kappa shape index (κ1) is 15.3. The number of hydrogen-bond donors (Lipinski definition) is 0. The Morgan fingerprint density at radius 3 is 2.72 bits per heavy atom. The summed E-state index contributed by atoms with van der Waals surface area (Å²) in [5, 5.41) is 0. The number of nitrogens with zero attached hydrogens (tertiary/aromatic N) is 5. The van der Waals surface area contributed by atoms with Crippen LogP contribution in [0.5, 0.6) is 0 Å². The van der Waals surface area contributed by atoms with E-state index in [4.69, 9.17) is 4.99 Å². The molecule has 1 aromatic rings. The second-order valence-electron chi connectivity index (χ2n) is 8.02. The van der Waals surface area contributed by atoms with Gasteiger partial charge in [-0.05, 0) is 43.6 Å². The molecule has 6 nitrogen and oxygen atoms in total. The van der Waals surface area contributed by atoms with E-state index in [9.17, 15) is 4.79 Å². The van der Waals surface area contributed by atoms with Crippen LogP contribution in [0.25, 0.3) is 0 Å². The number of anilines is 1. The molecule has 4 aliphatic rings. The Hall–Kier alpha value is -1.98. The molecule has 1 spiro atoms. The first-order chi connectivity index (χ1) is 12.2. The molecule has 0 unspecified atom stereocenters. The van der Waals surface area contributed by atoms with E-state index in [1.807, 2.05) is 11.0 Å². The van der Waals surface area contributed by atoms with Crippen molar-refractivity contribution in [1.82, 2.24) is 14.9 Å². The van der Waals surface area contributed by atoms with Gasteiger partial charge in [0.2, 0.25) is 5.95 Å². The van der Waals surface area contributed by atoms with Crippen LogP contribution in [0, 0.1) is 17.8 Å². The van der Waals surface area contributed by atoms with E-state index in [1.54, 1.807) is 12.4 Å². The molecule has 6 heteroatoms. The van der Waals surface area contributed by atoms with Crippen molar-refractivity contribution < 1.29 is 4.79 Å². The summed E-state index contributed by atoms with van der Waals surface area (Å²) in [5.74, 6) is 3.61. The van der Waals surface area contributed by atoms with Crippen LogP contribution in [-0.4, -0.2) is 51.8 Å². The lowest BCUT2D eigenvalue weighted by molar-refractivity contribution is -0.132. The molecule has 2 aliphatic heterocycles. The Labute approximate surface area is 148 Å². The third-order valence-corrected chi connectivity index (χ3v) is 6.50. The van der Waals surface area contributed by atoms with Gasteiger partial charge >= 0.3 is 0 Å². The maximum Gasteiger partial charge on any atom is 0.256 e. The van der Waals surface area contributed by atoms with Crippen LogP contribution in [0.2, 0.25) is 0 Å². The van der Waals surface area contributed by atoms with Gasteiger partial charge in [0.1, 0.15) is 11.4 Å². The lowest BCUT2D eigenvalue weighted by atomic mass is 9.85. The molecule has 25 heavy (non-hydrogen) atoms. The zero-order valence-corrected chi connectivity index (χ0v) is 14.8. The van der Waals surface area contributed by atoms with Crippen LogP contribution in [0.1, 0.15) is 39.0 Å². The molecular weight excluding hydrogens is 314 g/mol. The second kappa shape index (κ2) is 5.51. The number of rotatable bonds is 4. The zero-order valence-electron chi connectivity index (χ0n) is 14.8. The van der Waals surface area contributed by atoms with Crippen molar-refractivity contribution in [2.45, 2.75) is 44.6 Å². The molecule has 3 fully saturated rings. The number of carbonyl (C=O) groups excluding carboxylic acids is 1. The highest BCUT2D eigenvalue weighted by molar-refractivity contribution is 6.08. The van der Waals surface area contributed by atoms with E-state index in [0.717, 1.165) is 50.7 Å². The highest BCUT2D eigenvalue weighted by atomic mass is 16.2. The molecule has 3 atom stereocenters. The minimum atomic E-state index is -0.506. The molecule has 1 saturated heterocycles. The van der Waals surface area contributed by atoms with Crippen LogP contribution >= 0.6 is 0 Å². The fraction of sp³-hybridized carbons (Fsp3) is 0.684. The Balaban J connectivity index is 1.42. The molecular formula is C19H25N5O. The third kappa shape index (κ3) is 2.29. The summed E-state index contributed by atoms with van der Waals surface area (Å²) >= 11 is 0. The minimum Gasteiger partial charge on any atom is -0.340 e. The average Bonchev–Trinajstić information content (AvgIpc) is 3.16. The summed E-state index contributed by atoms with van der Waals surface area (Å²) in [6.07, 6.45) is 8.95. The quantitative estimate of drug-likeness (QED) is 0.843. The number of amidine groups is 1. The number of fused-ring (bicyclic) bond motifs is 2. The maximum atomic E-state index is 13.4. The molecule has 5 rings (SSSR count). The van der Waals surface area contributed by atoms with Crippen LogP contribution in [-0.2, 0) is 4.79 Å². The normalized spacial score (nSPS) is 34.1. The third-order valence-electron chi connectivity index (χ3n) is 6.50. The summed E-state index contributed by atoms with van der Waals surface area (Å²) < 4.78 is 0. The van der Waals surface area contributed by atoms with Crippen molar-refractivity contribution in [3.63, 3.8) is 0 Å². The molecule has 1 aromatic heterocycles. The van der Waals surface area contributed by atoms with Crippen molar-refractivity contribution in [2.75, 3.05) is 24.5 Å². The molecule has 0 bridgehead atoms. The second-order valence-corrected chi connectivity index (χ2v) is 8.02. The molecule has 2 aliphatic carbocycles. The van der Waals surface area contributed by atoms with Crippen molar-refractivity contribution in [3.8, 4) is 0 Å². The van der Waals surface area contributed by atoms with Gasteiger partial charge in [0, 0.05) is 44.4 Å². The zero-order chi connectivity index (χ0) is 17.0. The van der Waals surface area contributed by atoms with Crippen LogP contribution in [0.4, 0.5) is 5.95 Å². The van der Waals surface area contributed by atoms with E-state index >= 15 is 0 Å². The van der Waals surface area contributed by atoms with Crippen molar-refractivity contribution in [3.05, 3.63) is 18.5 Å². The Morgan fingerprint density at radius 1 is 1.20 bits per heavy atom. The van der Waals surface area contributed by atoms with Crippen LogP contribution in [0.3, 0.4) is 0 Å². The summed E-state index contributed by atoms with van der Waals surface area (Å²) in [5.41, 5.74) is -0.506. The number of carbonyl (C=O) groups is 1. The Bertz CT molecular complexity index is 716. The highest BCUT2D eigenvalue weighted by Gasteiger charge is 2.61. The van der Waals surface area contributed by atoms with Gasteiger partial charge in [-0.2, -0.15) is 0 Å². The number of amides is 1. The van der Waals surface area contributed by atoms with E-state index in [0.29, 0.717) is 17.8 Å². The van der Waals surface area contributed by atoms with Gasteiger partial charge in [-0.3, -0.25) is 14.7 Å². The molecule has 0 aromatic carbocycles. The van der Waals surface area contributed by atoms with Crippen molar-refractivity contribution >= 4 is 17.7 Å². The minimum absolute atomic E-state index is 0.277. The monoisotopic (exact) mass is 339 g/mol. The van der Waals surface area contributed by atoms with Crippen molar-refractivity contribution in [2.24, 2.45) is 22.7 Å². The van der Waals surface area contributed by atoms with Gasteiger partial charge in [-0.15, -0.1) is 0 Å². The summed E-state index contributed by atoms with van der Waals surface area (Å²) in [6, 6.07) is 1.84. The molecule has 0 radical (unpaired) electrons. The van der Waals surface area contributed by atoms with E-state index in [-0.39, 0.29) is 5.91 Å².